The molecule has 8 nitrogen and oxygen atoms in total. The highest BCUT2D eigenvalue weighted by atomic mass is 19.4. The number of carbonyl (C=O) groups is 2. The summed E-state index contributed by atoms with van der Waals surface area (Å²) in [4.78, 5) is 31.7. The predicted molar refractivity (Wildman–Crippen MR) is 110 cm³/mol. The molecule has 3 aromatic rings. The lowest BCUT2D eigenvalue weighted by atomic mass is 9.96. The summed E-state index contributed by atoms with van der Waals surface area (Å²) < 4.78 is 50.9. The van der Waals surface area contributed by atoms with Crippen molar-refractivity contribution in [1.29, 1.82) is 0 Å². The van der Waals surface area contributed by atoms with Crippen molar-refractivity contribution in [2.75, 3.05) is 13.1 Å². The standard InChI is InChI=1S/C20H19FN4O2.C2HF3O2/c1-13-2-3-16(12-17(13)21)20(26)25-10-6-15(7-11-25)19-23-18(24-27-19)14-4-8-22-9-5-14;3-2(4,5)1(6)7/h2-5,8-9,12,15H,6-7,10-11H2,1H3;(H,6,7). The summed E-state index contributed by atoms with van der Waals surface area (Å²) >= 11 is 0. The van der Waals surface area contributed by atoms with E-state index in [2.05, 4.69) is 15.1 Å². The molecule has 1 saturated heterocycles. The summed E-state index contributed by atoms with van der Waals surface area (Å²) in [6.45, 7) is 2.83. The van der Waals surface area contributed by atoms with Gasteiger partial charge in [-0.25, -0.2) is 9.18 Å². The van der Waals surface area contributed by atoms with Gasteiger partial charge in [0, 0.05) is 42.5 Å². The van der Waals surface area contributed by atoms with E-state index in [0.717, 1.165) is 18.4 Å². The number of hydrogen-bond donors (Lipinski definition) is 1. The first kappa shape index (κ1) is 24.8. The number of amides is 1. The SMILES string of the molecule is Cc1ccc(C(=O)N2CCC(c3nc(-c4ccncc4)no3)CC2)cc1F.O=C(O)C(F)(F)F. The van der Waals surface area contributed by atoms with Gasteiger partial charge in [0.25, 0.3) is 5.91 Å². The van der Waals surface area contributed by atoms with Crippen molar-refractivity contribution in [3.63, 3.8) is 0 Å². The van der Waals surface area contributed by atoms with Crippen LogP contribution in [0.4, 0.5) is 17.6 Å². The number of carboxylic acid groups (broad SMARTS) is 1. The molecule has 1 N–H and O–H groups in total. The molecule has 0 unspecified atom stereocenters. The van der Waals surface area contributed by atoms with Crippen molar-refractivity contribution in [3.8, 4) is 11.4 Å². The fourth-order valence-electron chi connectivity index (χ4n) is 3.26. The maximum Gasteiger partial charge on any atom is 0.490 e. The number of carbonyl (C=O) groups excluding carboxylic acids is 1. The second-order valence-corrected chi connectivity index (χ2v) is 7.53. The number of halogens is 4. The third-order valence-electron chi connectivity index (χ3n) is 5.17. The van der Waals surface area contributed by atoms with E-state index in [1.807, 2.05) is 12.1 Å². The zero-order chi connectivity index (χ0) is 24.9. The average Bonchev–Trinajstić information content (AvgIpc) is 3.31. The number of nitrogens with zero attached hydrogens (tertiary/aromatic N) is 4. The monoisotopic (exact) mass is 480 g/mol. The molecular weight excluding hydrogens is 460 g/mol. The van der Waals surface area contributed by atoms with Crippen molar-refractivity contribution in [3.05, 3.63) is 65.6 Å². The molecule has 1 fully saturated rings. The molecule has 12 heteroatoms. The fraction of sp³-hybridized carbons (Fsp3) is 0.318. The van der Waals surface area contributed by atoms with E-state index in [1.54, 1.807) is 36.4 Å². The van der Waals surface area contributed by atoms with Crippen molar-refractivity contribution in [2.45, 2.75) is 31.9 Å². The highest BCUT2D eigenvalue weighted by molar-refractivity contribution is 5.94. The topological polar surface area (TPSA) is 109 Å². The first-order valence-electron chi connectivity index (χ1n) is 10.2. The minimum Gasteiger partial charge on any atom is -0.475 e. The van der Waals surface area contributed by atoms with Crippen LogP contribution in [-0.2, 0) is 4.79 Å². The third kappa shape index (κ3) is 6.15. The first-order chi connectivity index (χ1) is 16.1. The molecule has 1 aromatic carbocycles. The van der Waals surface area contributed by atoms with Gasteiger partial charge in [0.15, 0.2) is 0 Å². The largest absolute Gasteiger partial charge is 0.490 e. The molecular formula is C22H20F4N4O4. The van der Waals surface area contributed by atoms with Crippen molar-refractivity contribution >= 4 is 11.9 Å². The Morgan fingerprint density at radius 1 is 1.12 bits per heavy atom. The van der Waals surface area contributed by atoms with Gasteiger partial charge in [-0.15, -0.1) is 0 Å². The van der Waals surface area contributed by atoms with Crippen LogP contribution in [0.25, 0.3) is 11.4 Å². The van der Waals surface area contributed by atoms with E-state index in [1.165, 1.54) is 6.07 Å². The number of hydrogen-bond acceptors (Lipinski definition) is 6. The van der Waals surface area contributed by atoms with Crippen LogP contribution in [-0.4, -0.2) is 56.3 Å². The molecule has 0 saturated carbocycles. The zero-order valence-electron chi connectivity index (χ0n) is 17.9. The number of benzene rings is 1. The summed E-state index contributed by atoms with van der Waals surface area (Å²) in [5.41, 5.74) is 1.77. The molecule has 0 aliphatic carbocycles. The smallest absolute Gasteiger partial charge is 0.475 e. The number of rotatable bonds is 3. The predicted octanol–water partition coefficient (Wildman–Crippen LogP) is 4.23. The van der Waals surface area contributed by atoms with Crippen LogP contribution in [0.15, 0.2) is 47.2 Å². The summed E-state index contributed by atoms with van der Waals surface area (Å²) in [6.07, 6.45) is -0.247. The van der Waals surface area contributed by atoms with E-state index in [-0.39, 0.29) is 17.6 Å². The van der Waals surface area contributed by atoms with E-state index in [0.29, 0.717) is 35.9 Å². The highest BCUT2D eigenvalue weighted by Crippen LogP contribution is 2.29. The average molecular weight is 480 g/mol. The minimum absolute atomic E-state index is 0.117. The lowest BCUT2D eigenvalue weighted by molar-refractivity contribution is -0.192. The van der Waals surface area contributed by atoms with E-state index >= 15 is 0 Å². The number of aliphatic carboxylic acids is 1. The molecule has 34 heavy (non-hydrogen) atoms. The summed E-state index contributed by atoms with van der Waals surface area (Å²) in [7, 11) is 0. The Morgan fingerprint density at radius 3 is 2.29 bits per heavy atom. The number of alkyl halides is 3. The van der Waals surface area contributed by atoms with Crippen LogP contribution in [0.2, 0.25) is 0 Å². The first-order valence-corrected chi connectivity index (χ1v) is 10.2. The van der Waals surface area contributed by atoms with Crippen LogP contribution in [0.5, 0.6) is 0 Å². The van der Waals surface area contributed by atoms with Crippen LogP contribution in [0.1, 0.15) is 40.6 Å². The molecule has 180 valence electrons. The number of carboxylic acids is 1. The van der Waals surface area contributed by atoms with Gasteiger partial charge >= 0.3 is 12.1 Å². The van der Waals surface area contributed by atoms with Gasteiger partial charge in [-0.3, -0.25) is 9.78 Å². The Bertz CT molecular complexity index is 1140. The molecule has 0 spiro atoms. The number of pyridine rings is 1. The third-order valence-corrected chi connectivity index (χ3v) is 5.17. The van der Waals surface area contributed by atoms with Crippen LogP contribution >= 0.6 is 0 Å². The molecule has 0 bridgehead atoms. The number of aryl methyl sites for hydroxylation is 1. The molecule has 4 rings (SSSR count). The van der Waals surface area contributed by atoms with Crippen LogP contribution in [0, 0.1) is 12.7 Å². The summed E-state index contributed by atoms with van der Waals surface area (Å²) in [5, 5.41) is 11.2. The molecule has 3 heterocycles. The van der Waals surface area contributed by atoms with Gasteiger partial charge in [0.1, 0.15) is 5.82 Å². The van der Waals surface area contributed by atoms with Crippen molar-refractivity contribution < 1.29 is 36.8 Å². The van der Waals surface area contributed by atoms with Gasteiger partial charge in [0.2, 0.25) is 11.7 Å². The Morgan fingerprint density at radius 2 is 1.74 bits per heavy atom. The van der Waals surface area contributed by atoms with Crippen molar-refractivity contribution in [1.82, 2.24) is 20.0 Å². The molecule has 0 atom stereocenters. The van der Waals surface area contributed by atoms with Gasteiger partial charge in [-0.05, 0) is 49.6 Å². The Labute approximate surface area is 191 Å². The second-order valence-electron chi connectivity index (χ2n) is 7.53. The van der Waals surface area contributed by atoms with Crippen molar-refractivity contribution in [2.24, 2.45) is 0 Å². The Hall–Kier alpha value is -3.83. The Kier molecular flexibility index (Phi) is 7.59. The maximum atomic E-state index is 13.7. The van der Waals surface area contributed by atoms with Crippen LogP contribution in [0.3, 0.4) is 0 Å². The number of aromatic nitrogens is 3. The van der Waals surface area contributed by atoms with Crippen LogP contribution < -0.4 is 0 Å². The highest BCUT2D eigenvalue weighted by Gasteiger charge is 2.38. The van der Waals surface area contributed by atoms with Gasteiger partial charge in [-0.1, -0.05) is 11.2 Å². The molecule has 1 amide bonds. The summed E-state index contributed by atoms with van der Waals surface area (Å²) in [6, 6.07) is 8.27. The van der Waals surface area contributed by atoms with E-state index in [4.69, 9.17) is 14.4 Å². The fourth-order valence-corrected chi connectivity index (χ4v) is 3.26. The number of piperidine rings is 1. The quantitative estimate of drug-likeness (QED) is 0.559. The number of likely N-dealkylation sites (tertiary alicyclic amines) is 1. The van der Waals surface area contributed by atoms with E-state index in [9.17, 15) is 22.4 Å². The van der Waals surface area contributed by atoms with Gasteiger partial charge in [0.05, 0.1) is 0 Å². The van der Waals surface area contributed by atoms with E-state index < -0.39 is 12.1 Å². The molecule has 1 aliphatic rings. The minimum atomic E-state index is -5.08. The lowest BCUT2D eigenvalue weighted by Gasteiger charge is -2.30. The van der Waals surface area contributed by atoms with Gasteiger partial charge < -0.3 is 14.5 Å². The summed E-state index contributed by atoms with van der Waals surface area (Å²) in [5.74, 6) is -2.00. The molecule has 2 aromatic heterocycles. The molecule has 0 radical (unpaired) electrons. The second kappa shape index (κ2) is 10.4. The zero-order valence-corrected chi connectivity index (χ0v) is 17.9. The van der Waals surface area contributed by atoms with Gasteiger partial charge in [-0.2, -0.15) is 18.2 Å². The Balaban J connectivity index is 0.000000406. The maximum absolute atomic E-state index is 13.7. The normalized spacial score (nSPS) is 14.3. The lowest BCUT2D eigenvalue weighted by Crippen LogP contribution is -2.38. The molecule has 1 aliphatic heterocycles.